The minimum absolute atomic E-state index is 0.0361. The van der Waals surface area contributed by atoms with Crippen LogP contribution in [-0.4, -0.2) is 25.6 Å². The molecule has 0 heterocycles. The van der Waals surface area contributed by atoms with Crippen LogP contribution in [0.25, 0.3) is 0 Å². The average molecular weight is 335 g/mol. The van der Waals surface area contributed by atoms with Crippen LogP contribution in [0, 0.1) is 0 Å². The molecule has 2 aromatic rings. The fourth-order valence-corrected chi connectivity index (χ4v) is 2.04. The van der Waals surface area contributed by atoms with Crippen LogP contribution in [0.5, 0.6) is 5.75 Å². The zero-order valence-electron chi connectivity index (χ0n) is 10.9. The molecule has 3 nitrogen and oxygen atoms in total. The molecule has 0 amide bonds. The van der Waals surface area contributed by atoms with Crippen molar-refractivity contribution < 1.29 is 14.3 Å². The second-order valence-electron chi connectivity index (χ2n) is 4.15. The number of Topliss-reactive ketones (excluding diaryl/α,β-unsaturated/α-hetero) is 1. The molecule has 0 aliphatic heterocycles. The van der Waals surface area contributed by atoms with E-state index in [0.29, 0.717) is 18.8 Å². The fourth-order valence-electron chi connectivity index (χ4n) is 1.65. The molecule has 0 radical (unpaired) electrons. The maximum absolute atomic E-state index is 11.8. The van der Waals surface area contributed by atoms with E-state index in [1.54, 1.807) is 12.1 Å². The number of hydrogen-bond donors (Lipinski definition) is 0. The van der Waals surface area contributed by atoms with Gasteiger partial charge in [0.25, 0.3) is 0 Å². The number of benzene rings is 2. The molecule has 0 saturated carbocycles. The highest BCUT2D eigenvalue weighted by Crippen LogP contribution is 2.12. The third-order valence-electron chi connectivity index (χ3n) is 2.62. The van der Waals surface area contributed by atoms with E-state index in [9.17, 15) is 4.79 Å². The summed E-state index contributed by atoms with van der Waals surface area (Å²) in [6, 6.07) is 16.8. The van der Waals surface area contributed by atoms with Crippen molar-refractivity contribution >= 4 is 21.7 Å². The van der Waals surface area contributed by atoms with Gasteiger partial charge in [0, 0.05) is 10.0 Å². The van der Waals surface area contributed by atoms with Crippen molar-refractivity contribution in [2.24, 2.45) is 0 Å². The van der Waals surface area contributed by atoms with Crippen LogP contribution < -0.4 is 4.74 Å². The molecule has 20 heavy (non-hydrogen) atoms. The van der Waals surface area contributed by atoms with Crippen molar-refractivity contribution in [1.82, 2.24) is 0 Å². The first kappa shape index (κ1) is 14.8. The quantitative estimate of drug-likeness (QED) is 0.571. The van der Waals surface area contributed by atoms with Crippen LogP contribution in [0.4, 0.5) is 0 Å². The Labute approximate surface area is 126 Å². The number of hydrogen-bond acceptors (Lipinski definition) is 3. The molecule has 0 N–H and O–H groups in total. The van der Waals surface area contributed by atoms with Crippen molar-refractivity contribution in [3.63, 3.8) is 0 Å². The number of ether oxygens (including phenoxy) is 2. The number of carbonyl (C=O) groups excluding carboxylic acids is 1. The summed E-state index contributed by atoms with van der Waals surface area (Å²) in [4.78, 5) is 11.8. The Kier molecular flexibility index (Phi) is 5.77. The van der Waals surface area contributed by atoms with Crippen LogP contribution in [-0.2, 0) is 4.74 Å². The van der Waals surface area contributed by atoms with E-state index in [4.69, 9.17) is 9.47 Å². The van der Waals surface area contributed by atoms with Gasteiger partial charge in [0.05, 0.1) is 6.61 Å². The summed E-state index contributed by atoms with van der Waals surface area (Å²) in [6.07, 6.45) is 0. The average Bonchev–Trinajstić information content (AvgIpc) is 2.48. The summed E-state index contributed by atoms with van der Waals surface area (Å²) < 4.78 is 11.7. The van der Waals surface area contributed by atoms with E-state index < -0.39 is 0 Å². The lowest BCUT2D eigenvalue weighted by Crippen LogP contribution is -2.13. The van der Waals surface area contributed by atoms with Gasteiger partial charge in [0.1, 0.15) is 19.0 Å². The predicted octanol–water partition coefficient (Wildman–Crippen LogP) is 3.73. The van der Waals surface area contributed by atoms with Gasteiger partial charge in [-0.25, -0.2) is 0 Å². The predicted molar refractivity (Wildman–Crippen MR) is 81.2 cm³/mol. The van der Waals surface area contributed by atoms with Gasteiger partial charge in [0.2, 0.25) is 0 Å². The Balaban J connectivity index is 1.67. The third-order valence-corrected chi connectivity index (χ3v) is 3.11. The smallest absolute Gasteiger partial charge is 0.188 e. The zero-order chi connectivity index (χ0) is 14.2. The molecule has 0 bridgehead atoms. The molecule has 2 rings (SSSR count). The summed E-state index contributed by atoms with van der Waals surface area (Å²) in [5.41, 5.74) is 0.642. The molecule has 4 heteroatoms. The first-order chi connectivity index (χ1) is 9.75. The molecule has 0 aliphatic rings. The van der Waals surface area contributed by atoms with Crippen molar-refractivity contribution in [2.75, 3.05) is 19.8 Å². The molecule has 2 aromatic carbocycles. The molecule has 0 aromatic heterocycles. The first-order valence-corrected chi connectivity index (χ1v) is 7.09. The molecular formula is C16H15BrO3. The standard InChI is InChI=1S/C16H15BrO3/c17-14-6-4-5-13(11-14)16(18)12-19-9-10-20-15-7-2-1-3-8-15/h1-8,11H,9-10,12H2. The fraction of sp³-hybridized carbons (Fsp3) is 0.188. The maximum atomic E-state index is 11.8. The Morgan fingerprint density at radius 2 is 1.80 bits per heavy atom. The molecule has 104 valence electrons. The zero-order valence-corrected chi connectivity index (χ0v) is 12.5. The number of carbonyl (C=O) groups is 1. The van der Waals surface area contributed by atoms with Crippen molar-refractivity contribution in [2.45, 2.75) is 0 Å². The second-order valence-corrected chi connectivity index (χ2v) is 5.06. The van der Waals surface area contributed by atoms with Crippen LogP contribution in [0.15, 0.2) is 59.1 Å². The van der Waals surface area contributed by atoms with Gasteiger partial charge in [-0.15, -0.1) is 0 Å². The summed E-state index contributed by atoms with van der Waals surface area (Å²) >= 11 is 3.34. The van der Waals surface area contributed by atoms with Crippen LogP contribution in [0.2, 0.25) is 0 Å². The van der Waals surface area contributed by atoms with Crippen LogP contribution >= 0.6 is 15.9 Å². The lowest BCUT2D eigenvalue weighted by Gasteiger charge is -2.06. The Hall–Kier alpha value is -1.65. The van der Waals surface area contributed by atoms with Gasteiger partial charge < -0.3 is 9.47 Å². The molecule has 0 fully saturated rings. The Morgan fingerprint density at radius 1 is 1.00 bits per heavy atom. The van der Waals surface area contributed by atoms with Gasteiger partial charge in [-0.3, -0.25) is 4.79 Å². The monoisotopic (exact) mass is 334 g/mol. The van der Waals surface area contributed by atoms with Gasteiger partial charge in [-0.2, -0.15) is 0 Å². The summed E-state index contributed by atoms with van der Waals surface area (Å²) in [5, 5.41) is 0. The van der Waals surface area contributed by atoms with Crippen molar-refractivity contribution in [1.29, 1.82) is 0 Å². The van der Waals surface area contributed by atoms with E-state index in [1.807, 2.05) is 42.5 Å². The van der Waals surface area contributed by atoms with Gasteiger partial charge >= 0.3 is 0 Å². The Morgan fingerprint density at radius 3 is 2.55 bits per heavy atom. The summed E-state index contributed by atoms with van der Waals surface area (Å²) in [7, 11) is 0. The van der Waals surface area contributed by atoms with Crippen LogP contribution in [0.3, 0.4) is 0 Å². The molecule has 0 unspecified atom stereocenters. The first-order valence-electron chi connectivity index (χ1n) is 6.30. The molecule has 0 spiro atoms. The molecular weight excluding hydrogens is 320 g/mol. The summed E-state index contributed by atoms with van der Waals surface area (Å²) in [5.74, 6) is 0.764. The third kappa shape index (κ3) is 4.79. The minimum Gasteiger partial charge on any atom is -0.491 e. The molecule has 0 saturated heterocycles. The molecule has 0 atom stereocenters. The number of para-hydroxylation sites is 1. The normalized spacial score (nSPS) is 10.2. The summed E-state index contributed by atoms with van der Waals surface area (Å²) in [6.45, 7) is 0.874. The van der Waals surface area contributed by atoms with E-state index in [2.05, 4.69) is 15.9 Å². The van der Waals surface area contributed by atoms with E-state index in [0.717, 1.165) is 10.2 Å². The van der Waals surface area contributed by atoms with E-state index >= 15 is 0 Å². The van der Waals surface area contributed by atoms with Gasteiger partial charge in [0.15, 0.2) is 5.78 Å². The molecule has 0 aliphatic carbocycles. The number of ketones is 1. The topological polar surface area (TPSA) is 35.5 Å². The number of rotatable bonds is 7. The lowest BCUT2D eigenvalue weighted by atomic mass is 10.1. The largest absolute Gasteiger partial charge is 0.491 e. The SMILES string of the molecule is O=C(COCCOc1ccccc1)c1cccc(Br)c1. The highest BCUT2D eigenvalue weighted by atomic mass is 79.9. The highest BCUT2D eigenvalue weighted by Gasteiger charge is 2.06. The second kappa shape index (κ2) is 7.82. The lowest BCUT2D eigenvalue weighted by molar-refractivity contribution is 0.0688. The van der Waals surface area contributed by atoms with Crippen LogP contribution in [0.1, 0.15) is 10.4 Å². The van der Waals surface area contributed by atoms with Crippen molar-refractivity contribution in [3.05, 3.63) is 64.6 Å². The van der Waals surface area contributed by atoms with Gasteiger partial charge in [-0.1, -0.05) is 46.3 Å². The van der Waals surface area contributed by atoms with Gasteiger partial charge in [-0.05, 0) is 24.3 Å². The number of halogens is 1. The van der Waals surface area contributed by atoms with E-state index in [-0.39, 0.29) is 12.4 Å². The minimum atomic E-state index is -0.0361. The van der Waals surface area contributed by atoms with Crippen molar-refractivity contribution in [3.8, 4) is 5.75 Å². The van der Waals surface area contributed by atoms with E-state index in [1.165, 1.54) is 0 Å². The highest BCUT2D eigenvalue weighted by molar-refractivity contribution is 9.10. The maximum Gasteiger partial charge on any atom is 0.188 e. The Bertz CT molecular complexity index is 555.